The number of benzene rings is 1. The van der Waals surface area contributed by atoms with Gasteiger partial charge in [0.05, 0.1) is 12.1 Å². The number of hydrogen-bond donors (Lipinski definition) is 2. The zero-order chi connectivity index (χ0) is 15.7. The number of amides is 1. The standard InChI is InChI=1S/C16H14F2N2O2/c17-10-4-5-14(12(18)7-10)20-15(21)6-9-8-19-13-3-1-2-11(13)16(9)22/h4-5,7-8H,1-3,6H2,(H,19,22)(H,20,21). The van der Waals surface area contributed by atoms with Crippen LogP contribution in [0, 0.1) is 11.6 Å². The predicted molar refractivity (Wildman–Crippen MR) is 77.8 cm³/mol. The monoisotopic (exact) mass is 304 g/mol. The van der Waals surface area contributed by atoms with Crippen LogP contribution in [0.2, 0.25) is 0 Å². The van der Waals surface area contributed by atoms with Crippen molar-refractivity contribution < 1.29 is 13.6 Å². The van der Waals surface area contributed by atoms with Gasteiger partial charge in [-0.1, -0.05) is 0 Å². The summed E-state index contributed by atoms with van der Waals surface area (Å²) in [5, 5.41) is 2.35. The highest BCUT2D eigenvalue weighted by Crippen LogP contribution is 2.17. The molecule has 1 amide bonds. The highest BCUT2D eigenvalue weighted by atomic mass is 19.1. The van der Waals surface area contributed by atoms with Crippen molar-refractivity contribution in [3.05, 3.63) is 63.1 Å². The lowest BCUT2D eigenvalue weighted by Crippen LogP contribution is -2.22. The molecule has 1 aromatic heterocycles. The van der Waals surface area contributed by atoms with Crippen LogP contribution < -0.4 is 10.7 Å². The van der Waals surface area contributed by atoms with Crippen molar-refractivity contribution in [3.63, 3.8) is 0 Å². The van der Waals surface area contributed by atoms with Gasteiger partial charge in [0.25, 0.3) is 0 Å². The average molecular weight is 304 g/mol. The molecule has 1 heterocycles. The molecule has 0 atom stereocenters. The second kappa shape index (κ2) is 5.71. The third-order valence-corrected chi connectivity index (χ3v) is 3.76. The molecule has 4 nitrogen and oxygen atoms in total. The van der Waals surface area contributed by atoms with Crippen LogP contribution in [0.3, 0.4) is 0 Å². The van der Waals surface area contributed by atoms with Gasteiger partial charge in [0.1, 0.15) is 11.6 Å². The van der Waals surface area contributed by atoms with Gasteiger partial charge in [-0.25, -0.2) is 8.78 Å². The topological polar surface area (TPSA) is 62.0 Å². The Morgan fingerprint density at radius 1 is 1.27 bits per heavy atom. The SMILES string of the molecule is O=C(Cc1c[nH]c2c(c1=O)CCC2)Nc1ccc(F)cc1F. The third kappa shape index (κ3) is 2.77. The van der Waals surface area contributed by atoms with Gasteiger partial charge in [-0.2, -0.15) is 0 Å². The zero-order valence-corrected chi connectivity index (χ0v) is 11.7. The number of carbonyl (C=O) groups excluding carboxylic acids is 1. The number of nitrogens with one attached hydrogen (secondary N) is 2. The molecule has 6 heteroatoms. The molecular formula is C16H14F2N2O2. The van der Waals surface area contributed by atoms with Crippen molar-refractivity contribution >= 4 is 11.6 Å². The smallest absolute Gasteiger partial charge is 0.229 e. The van der Waals surface area contributed by atoms with E-state index in [2.05, 4.69) is 10.3 Å². The maximum absolute atomic E-state index is 13.5. The van der Waals surface area contributed by atoms with Gasteiger partial charge in [-0.3, -0.25) is 9.59 Å². The Hall–Kier alpha value is -2.50. The van der Waals surface area contributed by atoms with E-state index in [9.17, 15) is 18.4 Å². The van der Waals surface area contributed by atoms with Gasteiger partial charge in [-0.05, 0) is 31.4 Å². The Labute approximate surface area is 125 Å². The zero-order valence-electron chi connectivity index (χ0n) is 11.7. The minimum absolute atomic E-state index is 0.107. The molecular weight excluding hydrogens is 290 g/mol. The number of anilines is 1. The minimum atomic E-state index is -0.851. The van der Waals surface area contributed by atoms with Crippen LogP contribution in [-0.2, 0) is 24.1 Å². The molecule has 22 heavy (non-hydrogen) atoms. The molecule has 0 radical (unpaired) electrons. The summed E-state index contributed by atoms with van der Waals surface area (Å²) in [5.74, 6) is -2.09. The van der Waals surface area contributed by atoms with E-state index in [1.165, 1.54) is 6.20 Å². The van der Waals surface area contributed by atoms with Crippen LogP contribution in [0.5, 0.6) is 0 Å². The summed E-state index contributed by atoms with van der Waals surface area (Å²) in [7, 11) is 0. The highest BCUT2D eigenvalue weighted by Gasteiger charge is 2.18. The van der Waals surface area contributed by atoms with Crippen LogP contribution in [0.4, 0.5) is 14.5 Å². The normalized spacial score (nSPS) is 13.0. The molecule has 0 unspecified atom stereocenters. The first kappa shape index (κ1) is 14.4. The second-order valence-corrected chi connectivity index (χ2v) is 5.30. The van der Waals surface area contributed by atoms with Gasteiger partial charge in [0.2, 0.25) is 5.91 Å². The fourth-order valence-corrected chi connectivity index (χ4v) is 2.68. The highest BCUT2D eigenvalue weighted by molar-refractivity contribution is 5.92. The van der Waals surface area contributed by atoms with Crippen molar-refractivity contribution in [2.24, 2.45) is 0 Å². The molecule has 2 N–H and O–H groups in total. The lowest BCUT2D eigenvalue weighted by molar-refractivity contribution is -0.115. The van der Waals surface area contributed by atoms with Crippen molar-refractivity contribution in [3.8, 4) is 0 Å². The maximum atomic E-state index is 13.5. The lowest BCUT2D eigenvalue weighted by Gasteiger charge is -2.07. The van der Waals surface area contributed by atoms with Crippen LogP contribution in [-0.4, -0.2) is 10.9 Å². The van der Waals surface area contributed by atoms with E-state index in [4.69, 9.17) is 0 Å². The molecule has 2 aromatic rings. The number of hydrogen-bond acceptors (Lipinski definition) is 2. The first-order valence-electron chi connectivity index (χ1n) is 7.02. The Balaban J connectivity index is 1.76. The van der Waals surface area contributed by atoms with Crippen LogP contribution in [0.1, 0.15) is 23.2 Å². The van der Waals surface area contributed by atoms with E-state index >= 15 is 0 Å². The molecule has 1 aliphatic rings. The molecule has 0 aliphatic heterocycles. The number of fused-ring (bicyclic) bond motifs is 1. The first-order valence-corrected chi connectivity index (χ1v) is 7.02. The summed E-state index contributed by atoms with van der Waals surface area (Å²) in [5.41, 5.74) is 1.78. The molecule has 3 rings (SSSR count). The van der Waals surface area contributed by atoms with Gasteiger partial charge in [0.15, 0.2) is 5.43 Å². The van der Waals surface area contributed by atoms with Crippen LogP contribution in [0.25, 0.3) is 0 Å². The van der Waals surface area contributed by atoms with E-state index < -0.39 is 17.5 Å². The molecule has 0 saturated carbocycles. The van der Waals surface area contributed by atoms with E-state index in [1.54, 1.807) is 0 Å². The van der Waals surface area contributed by atoms with Gasteiger partial charge >= 0.3 is 0 Å². The quantitative estimate of drug-likeness (QED) is 0.914. The van der Waals surface area contributed by atoms with E-state index in [1.807, 2.05) is 0 Å². The molecule has 0 saturated heterocycles. The molecule has 0 fully saturated rings. The molecule has 1 aliphatic carbocycles. The number of H-pyrrole nitrogens is 1. The average Bonchev–Trinajstić information content (AvgIpc) is 2.94. The Kier molecular flexibility index (Phi) is 3.75. The third-order valence-electron chi connectivity index (χ3n) is 3.76. The summed E-state index contributed by atoms with van der Waals surface area (Å²) in [6.07, 6.45) is 3.87. The first-order chi connectivity index (χ1) is 10.5. The fourth-order valence-electron chi connectivity index (χ4n) is 2.68. The largest absolute Gasteiger partial charge is 0.364 e. The number of pyridine rings is 1. The van der Waals surface area contributed by atoms with E-state index in [0.717, 1.165) is 36.2 Å². The van der Waals surface area contributed by atoms with Gasteiger partial charge < -0.3 is 10.3 Å². The number of aromatic nitrogens is 1. The van der Waals surface area contributed by atoms with E-state index in [-0.39, 0.29) is 17.5 Å². The van der Waals surface area contributed by atoms with Crippen molar-refractivity contribution in [2.75, 3.05) is 5.32 Å². The molecule has 1 aromatic carbocycles. The van der Waals surface area contributed by atoms with E-state index in [0.29, 0.717) is 18.1 Å². The van der Waals surface area contributed by atoms with Crippen LogP contribution >= 0.6 is 0 Å². The molecule has 0 bridgehead atoms. The fraction of sp³-hybridized carbons (Fsp3) is 0.250. The van der Waals surface area contributed by atoms with Gasteiger partial charge in [0, 0.05) is 29.1 Å². The van der Waals surface area contributed by atoms with Crippen LogP contribution in [0.15, 0.2) is 29.2 Å². The Morgan fingerprint density at radius 2 is 2.09 bits per heavy atom. The number of halogens is 2. The number of aromatic amines is 1. The summed E-state index contributed by atoms with van der Waals surface area (Å²) in [6, 6.07) is 2.90. The number of rotatable bonds is 3. The Morgan fingerprint density at radius 3 is 2.86 bits per heavy atom. The summed E-state index contributed by atoms with van der Waals surface area (Å²) in [6.45, 7) is 0. The number of carbonyl (C=O) groups is 1. The lowest BCUT2D eigenvalue weighted by atomic mass is 10.1. The Bertz CT molecular complexity index is 799. The summed E-state index contributed by atoms with van der Waals surface area (Å²) >= 11 is 0. The van der Waals surface area contributed by atoms with Crippen molar-refractivity contribution in [1.29, 1.82) is 0 Å². The summed E-state index contributed by atoms with van der Waals surface area (Å²) < 4.78 is 26.3. The number of aryl methyl sites for hydroxylation is 1. The van der Waals surface area contributed by atoms with Gasteiger partial charge in [-0.15, -0.1) is 0 Å². The summed E-state index contributed by atoms with van der Waals surface area (Å²) in [4.78, 5) is 27.2. The predicted octanol–water partition coefficient (Wildman–Crippen LogP) is 2.32. The van der Waals surface area contributed by atoms with Crippen molar-refractivity contribution in [1.82, 2.24) is 4.98 Å². The molecule has 0 spiro atoms. The second-order valence-electron chi connectivity index (χ2n) is 5.30. The molecule has 114 valence electrons. The minimum Gasteiger partial charge on any atom is -0.364 e. The van der Waals surface area contributed by atoms with Crippen molar-refractivity contribution in [2.45, 2.75) is 25.7 Å². The maximum Gasteiger partial charge on any atom is 0.229 e.